The van der Waals surface area contributed by atoms with Crippen LogP contribution in [0.4, 0.5) is 20.6 Å². The highest BCUT2D eigenvalue weighted by Gasteiger charge is 2.11. The topological polar surface area (TPSA) is 78.4 Å². The van der Waals surface area contributed by atoms with Crippen molar-refractivity contribution in [2.75, 3.05) is 10.6 Å². The molecule has 0 bridgehead atoms. The normalized spacial score (nSPS) is 10.0. The fourth-order valence-electron chi connectivity index (χ4n) is 1.63. The number of hydrogen-bond acceptors (Lipinski definition) is 2. The molecule has 0 atom stereocenters. The van der Waals surface area contributed by atoms with Crippen LogP contribution in [-0.4, -0.2) is 17.1 Å². The van der Waals surface area contributed by atoms with E-state index in [1.807, 2.05) is 6.07 Å². The van der Waals surface area contributed by atoms with Crippen LogP contribution in [0.25, 0.3) is 0 Å². The van der Waals surface area contributed by atoms with Gasteiger partial charge < -0.3 is 15.7 Å². The average molecular weight is 400 g/mol. The van der Waals surface area contributed by atoms with E-state index in [9.17, 15) is 14.0 Å². The molecule has 5 nitrogen and oxygen atoms in total. The fourth-order valence-corrected chi connectivity index (χ4v) is 2.17. The molecule has 7 heteroatoms. The maximum atomic E-state index is 13.5. The van der Waals surface area contributed by atoms with Gasteiger partial charge in [0.05, 0.1) is 5.56 Å². The molecule has 0 heterocycles. The summed E-state index contributed by atoms with van der Waals surface area (Å²) in [4.78, 5) is 22.4. The third kappa shape index (κ3) is 4.15. The lowest BCUT2D eigenvalue weighted by Gasteiger charge is -2.08. The van der Waals surface area contributed by atoms with Gasteiger partial charge in [0.2, 0.25) is 0 Å². The van der Waals surface area contributed by atoms with E-state index in [1.54, 1.807) is 18.2 Å². The van der Waals surface area contributed by atoms with E-state index >= 15 is 0 Å². The first kappa shape index (κ1) is 15.2. The molecular weight excluding hydrogens is 390 g/mol. The number of benzene rings is 2. The molecule has 2 aromatic carbocycles. The Hall–Kier alpha value is -2.16. The van der Waals surface area contributed by atoms with Crippen LogP contribution in [0.1, 0.15) is 10.4 Å². The summed E-state index contributed by atoms with van der Waals surface area (Å²) in [5.41, 5.74) is 0.321. The molecule has 0 aromatic heterocycles. The molecule has 2 aromatic rings. The van der Waals surface area contributed by atoms with Gasteiger partial charge in [-0.2, -0.15) is 0 Å². The number of carboxylic acids is 1. The number of carboxylic acid groups (broad SMARTS) is 1. The lowest BCUT2D eigenvalue weighted by molar-refractivity contribution is 0.0692. The molecule has 2 rings (SSSR count). The molecule has 0 unspecified atom stereocenters. The molecule has 0 aliphatic carbocycles. The third-order valence-corrected chi connectivity index (χ3v) is 3.21. The van der Waals surface area contributed by atoms with Gasteiger partial charge in [0.1, 0.15) is 5.82 Å². The lowest BCUT2D eigenvalue weighted by atomic mass is 10.2. The van der Waals surface area contributed by atoms with E-state index in [4.69, 9.17) is 5.11 Å². The van der Waals surface area contributed by atoms with Gasteiger partial charge >= 0.3 is 12.0 Å². The molecule has 0 saturated carbocycles. The Labute approximate surface area is 133 Å². The molecule has 0 spiro atoms. The standard InChI is InChI=1S/C14H10FIN2O3/c15-12-7-10(4-5-11(12)13(19)20)18-14(21)17-9-3-1-2-8(16)6-9/h1-7H,(H,19,20)(H2,17,18,21). The first-order chi connectivity index (χ1) is 9.95. The first-order valence-corrected chi connectivity index (χ1v) is 6.90. The van der Waals surface area contributed by atoms with Gasteiger partial charge in [-0.25, -0.2) is 14.0 Å². The van der Waals surface area contributed by atoms with Gasteiger partial charge in [-0.15, -0.1) is 0 Å². The summed E-state index contributed by atoms with van der Waals surface area (Å²) in [5, 5.41) is 13.7. The number of hydrogen-bond donors (Lipinski definition) is 3. The Bertz CT molecular complexity index is 706. The zero-order valence-electron chi connectivity index (χ0n) is 10.6. The molecule has 0 fully saturated rings. The van der Waals surface area contributed by atoms with E-state index in [0.29, 0.717) is 5.69 Å². The quantitative estimate of drug-likeness (QED) is 0.687. The number of halogens is 2. The highest BCUT2D eigenvalue weighted by molar-refractivity contribution is 14.1. The van der Waals surface area contributed by atoms with E-state index in [-0.39, 0.29) is 5.69 Å². The molecule has 3 N–H and O–H groups in total. The van der Waals surface area contributed by atoms with Gasteiger partial charge in [-0.05, 0) is 59.0 Å². The number of amides is 2. The average Bonchev–Trinajstić information content (AvgIpc) is 2.38. The summed E-state index contributed by atoms with van der Waals surface area (Å²) in [6.45, 7) is 0. The molecule has 0 radical (unpaired) electrons. The van der Waals surface area contributed by atoms with Crippen LogP contribution in [0.2, 0.25) is 0 Å². The summed E-state index contributed by atoms with van der Waals surface area (Å²) in [7, 11) is 0. The zero-order chi connectivity index (χ0) is 15.4. The number of aromatic carboxylic acids is 1. The molecule has 2 amide bonds. The third-order valence-electron chi connectivity index (χ3n) is 2.54. The second-order valence-electron chi connectivity index (χ2n) is 4.09. The summed E-state index contributed by atoms with van der Waals surface area (Å²) in [5.74, 6) is -2.27. The Morgan fingerprint density at radius 3 is 2.29 bits per heavy atom. The number of nitrogens with one attached hydrogen (secondary N) is 2. The molecule has 0 aliphatic heterocycles. The molecule has 0 saturated heterocycles. The minimum Gasteiger partial charge on any atom is -0.478 e. The molecular formula is C14H10FIN2O3. The zero-order valence-corrected chi connectivity index (χ0v) is 12.7. The van der Waals surface area contributed by atoms with Crippen LogP contribution < -0.4 is 10.6 Å². The SMILES string of the molecule is O=C(Nc1cccc(I)c1)Nc1ccc(C(=O)O)c(F)c1. The molecule has 108 valence electrons. The lowest BCUT2D eigenvalue weighted by Crippen LogP contribution is -2.19. The number of rotatable bonds is 3. The van der Waals surface area contributed by atoms with Gasteiger partial charge in [-0.3, -0.25) is 0 Å². The fraction of sp³-hybridized carbons (Fsp3) is 0. The smallest absolute Gasteiger partial charge is 0.338 e. The minimum absolute atomic E-state index is 0.167. The van der Waals surface area contributed by atoms with Gasteiger partial charge in [0.15, 0.2) is 0 Å². The highest BCUT2D eigenvalue weighted by Crippen LogP contribution is 2.16. The summed E-state index contributed by atoms with van der Waals surface area (Å²) in [6, 6.07) is 9.99. The Morgan fingerprint density at radius 1 is 1.05 bits per heavy atom. The van der Waals surface area contributed by atoms with Crippen LogP contribution in [0.5, 0.6) is 0 Å². The summed E-state index contributed by atoms with van der Waals surface area (Å²) in [6.07, 6.45) is 0. The van der Waals surface area contributed by atoms with Crippen molar-refractivity contribution in [3.8, 4) is 0 Å². The van der Waals surface area contributed by atoms with Crippen LogP contribution in [-0.2, 0) is 0 Å². The second-order valence-corrected chi connectivity index (χ2v) is 5.33. The predicted molar refractivity (Wildman–Crippen MR) is 85.2 cm³/mol. The van der Waals surface area contributed by atoms with Crippen molar-refractivity contribution in [3.63, 3.8) is 0 Å². The van der Waals surface area contributed by atoms with Crippen molar-refractivity contribution < 1.29 is 19.1 Å². The van der Waals surface area contributed by atoms with Crippen LogP contribution in [0, 0.1) is 9.39 Å². The van der Waals surface area contributed by atoms with Gasteiger partial charge in [0, 0.05) is 14.9 Å². The van der Waals surface area contributed by atoms with Crippen molar-refractivity contribution in [1.29, 1.82) is 0 Å². The van der Waals surface area contributed by atoms with Crippen LogP contribution in [0.15, 0.2) is 42.5 Å². The maximum Gasteiger partial charge on any atom is 0.338 e. The molecule has 21 heavy (non-hydrogen) atoms. The Kier molecular flexibility index (Phi) is 4.73. The van der Waals surface area contributed by atoms with E-state index in [1.165, 1.54) is 6.07 Å². The van der Waals surface area contributed by atoms with Crippen molar-refractivity contribution in [1.82, 2.24) is 0 Å². The summed E-state index contributed by atoms with van der Waals surface area (Å²) >= 11 is 2.11. The number of carbonyl (C=O) groups excluding carboxylic acids is 1. The van der Waals surface area contributed by atoms with E-state index in [0.717, 1.165) is 15.7 Å². The largest absolute Gasteiger partial charge is 0.478 e. The monoisotopic (exact) mass is 400 g/mol. The number of carbonyl (C=O) groups is 2. The predicted octanol–water partition coefficient (Wildman–Crippen LogP) is 3.77. The maximum absolute atomic E-state index is 13.5. The van der Waals surface area contributed by atoms with Crippen molar-refractivity contribution in [2.24, 2.45) is 0 Å². The second kappa shape index (κ2) is 6.53. The van der Waals surface area contributed by atoms with Gasteiger partial charge in [-0.1, -0.05) is 6.07 Å². The Morgan fingerprint density at radius 2 is 1.71 bits per heavy atom. The van der Waals surface area contributed by atoms with Crippen molar-refractivity contribution in [2.45, 2.75) is 0 Å². The van der Waals surface area contributed by atoms with Crippen molar-refractivity contribution in [3.05, 3.63) is 57.4 Å². The Balaban J connectivity index is 2.06. The van der Waals surface area contributed by atoms with Gasteiger partial charge in [0.25, 0.3) is 0 Å². The number of anilines is 2. The van der Waals surface area contributed by atoms with E-state index in [2.05, 4.69) is 33.2 Å². The highest BCUT2D eigenvalue weighted by atomic mass is 127. The first-order valence-electron chi connectivity index (χ1n) is 5.82. The summed E-state index contributed by atoms with van der Waals surface area (Å²) < 4.78 is 14.4. The van der Waals surface area contributed by atoms with Crippen LogP contribution >= 0.6 is 22.6 Å². The number of urea groups is 1. The molecule has 0 aliphatic rings. The minimum atomic E-state index is -1.36. The van der Waals surface area contributed by atoms with Crippen LogP contribution in [0.3, 0.4) is 0 Å². The van der Waals surface area contributed by atoms with E-state index < -0.39 is 23.4 Å². The van der Waals surface area contributed by atoms with Crippen molar-refractivity contribution >= 4 is 46.0 Å².